The zero-order valence-corrected chi connectivity index (χ0v) is 41.1. The Morgan fingerprint density at radius 2 is 0.806 bits per heavy atom. The third-order valence-corrected chi connectivity index (χ3v) is 12.1. The maximum absolute atomic E-state index is 12.4. The van der Waals surface area contributed by atoms with E-state index in [4.69, 9.17) is 4.74 Å². The predicted molar refractivity (Wildman–Crippen MR) is 269 cm³/mol. The van der Waals surface area contributed by atoms with Gasteiger partial charge in [-0.1, -0.05) is 217 Å². The van der Waals surface area contributed by atoms with Gasteiger partial charge in [0.05, 0.1) is 25.4 Å². The molecule has 0 saturated carbocycles. The van der Waals surface area contributed by atoms with E-state index in [2.05, 4.69) is 55.6 Å². The molecule has 0 rings (SSSR count). The van der Waals surface area contributed by atoms with Crippen molar-refractivity contribution in [3.8, 4) is 0 Å². The zero-order valence-electron chi connectivity index (χ0n) is 41.1. The monoisotopic (exact) mass is 870 g/mol. The quantitative estimate of drug-likeness (QED) is 0.0322. The maximum atomic E-state index is 12.4. The fraction of sp³-hybridized carbons (Fsp3) is 0.821. The van der Waals surface area contributed by atoms with E-state index in [0.29, 0.717) is 19.4 Å². The molecule has 0 aromatic heterocycles. The Morgan fingerprint density at radius 3 is 1.26 bits per heavy atom. The van der Waals surface area contributed by atoms with E-state index in [1.165, 1.54) is 180 Å². The van der Waals surface area contributed by atoms with Gasteiger partial charge in [0.15, 0.2) is 0 Å². The Labute approximate surface area is 385 Å². The highest BCUT2D eigenvalue weighted by atomic mass is 16.5. The molecular formula is C56H103NO5. The Bertz CT molecular complexity index is 1050. The third-order valence-electron chi connectivity index (χ3n) is 12.1. The van der Waals surface area contributed by atoms with Crippen LogP contribution >= 0.6 is 0 Å². The van der Waals surface area contributed by atoms with Crippen LogP contribution in [0, 0.1) is 0 Å². The average Bonchev–Trinajstić information content (AvgIpc) is 3.27. The number of ether oxygens (including phenoxy) is 1. The molecule has 1 amide bonds. The van der Waals surface area contributed by atoms with Crippen LogP contribution in [0.4, 0.5) is 0 Å². The van der Waals surface area contributed by atoms with E-state index < -0.39 is 12.1 Å². The van der Waals surface area contributed by atoms with Gasteiger partial charge in [0.25, 0.3) is 0 Å². The SMILES string of the molecule is CCCCCC/C=C\CCCCCCCC(=O)OCCCCCCCCCCC/C=C\C/C=C\CCCCCCCCCC(=O)NC(CO)C(O)/C=C/CCCCCCCCC. The second-order valence-corrected chi connectivity index (χ2v) is 18.2. The van der Waals surface area contributed by atoms with E-state index in [0.717, 1.165) is 64.2 Å². The van der Waals surface area contributed by atoms with Crippen LogP contribution < -0.4 is 5.32 Å². The van der Waals surface area contributed by atoms with Crippen molar-refractivity contribution < 1.29 is 24.5 Å². The first-order valence-electron chi connectivity index (χ1n) is 26.9. The minimum atomic E-state index is -0.849. The van der Waals surface area contributed by atoms with Crippen molar-refractivity contribution in [2.24, 2.45) is 0 Å². The van der Waals surface area contributed by atoms with Gasteiger partial charge in [0.1, 0.15) is 0 Å². The molecule has 0 aromatic carbocycles. The smallest absolute Gasteiger partial charge is 0.305 e. The van der Waals surface area contributed by atoms with Crippen LogP contribution in [-0.2, 0) is 14.3 Å². The minimum Gasteiger partial charge on any atom is -0.466 e. The first-order chi connectivity index (χ1) is 30.5. The van der Waals surface area contributed by atoms with E-state index in [1.807, 2.05) is 6.08 Å². The Balaban J connectivity index is 3.46. The number of amides is 1. The molecule has 0 fully saturated rings. The lowest BCUT2D eigenvalue weighted by atomic mass is 10.1. The van der Waals surface area contributed by atoms with Gasteiger partial charge in [0, 0.05) is 12.8 Å². The summed E-state index contributed by atoms with van der Waals surface area (Å²) < 4.78 is 5.46. The third kappa shape index (κ3) is 47.3. The number of esters is 1. The van der Waals surface area contributed by atoms with Crippen molar-refractivity contribution in [2.45, 2.75) is 283 Å². The van der Waals surface area contributed by atoms with Crippen molar-refractivity contribution in [3.63, 3.8) is 0 Å². The fourth-order valence-electron chi connectivity index (χ4n) is 7.89. The molecule has 6 heteroatoms. The molecule has 0 heterocycles. The maximum Gasteiger partial charge on any atom is 0.305 e. The molecule has 0 saturated heterocycles. The molecule has 0 radical (unpaired) electrons. The lowest BCUT2D eigenvalue weighted by Crippen LogP contribution is -2.45. The topological polar surface area (TPSA) is 95.9 Å². The predicted octanol–water partition coefficient (Wildman–Crippen LogP) is 16.2. The largest absolute Gasteiger partial charge is 0.466 e. The molecule has 0 aromatic rings. The Hall–Kier alpha value is -2.18. The molecule has 3 N–H and O–H groups in total. The number of nitrogens with one attached hydrogen (secondary N) is 1. The number of hydrogen-bond donors (Lipinski definition) is 3. The molecule has 0 aliphatic rings. The number of allylic oxidation sites excluding steroid dienone is 7. The van der Waals surface area contributed by atoms with Crippen molar-refractivity contribution in [2.75, 3.05) is 13.2 Å². The van der Waals surface area contributed by atoms with Crippen LogP contribution in [0.3, 0.4) is 0 Å². The summed E-state index contributed by atoms with van der Waals surface area (Å²) in [6, 6.07) is -0.634. The van der Waals surface area contributed by atoms with E-state index in [1.54, 1.807) is 6.08 Å². The van der Waals surface area contributed by atoms with Gasteiger partial charge in [-0.25, -0.2) is 0 Å². The van der Waals surface area contributed by atoms with Crippen LogP contribution in [-0.4, -0.2) is 47.4 Å². The molecule has 2 unspecified atom stereocenters. The van der Waals surface area contributed by atoms with Crippen molar-refractivity contribution in [1.29, 1.82) is 0 Å². The molecule has 2 atom stereocenters. The van der Waals surface area contributed by atoms with Gasteiger partial charge in [-0.15, -0.1) is 0 Å². The molecule has 6 nitrogen and oxygen atoms in total. The summed E-state index contributed by atoms with van der Waals surface area (Å²) in [6.07, 6.45) is 64.2. The van der Waals surface area contributed by atoms with Crippen LogP contribution in [0.25, 0.3) is 0 Å². The summed E-state index contributed by atoms with van der Waals surface area (Å²) in [5.41, 5.74) is 0. The normalized spacial score (nSPS) is 13.0. The van der Waals surface area contributed by atoms with Crippen LogP contribution in [0.1, 0.15) is 271 Å². The standard InChI is InChI=1S/C56H103NO5/c1-3-5-7-9-11-13-14-26-30-34-38-42-46-50-56(61)62-51-47-43-39-35-31-28-25-23-21-19-17-15-16-18-20-22-24-27-29-33-37-41-45-49-55(60)57-53(52-58)54(59)48-44-40-36-32-12-10-8-6-4-2/h13-15,17-18,20,44,48,53-54,58-59H,3-12,16,19,21-43,45-47,49-52H2,1-2H3,(H,57,60)/b14-13-,17-15-,20-18-,48-44+. The van der Waals surface area contributed by atoms with E-state index in [9.17, 15) is 19.8 Å². The Morgan fingerprint density at radius 1 is 0.452 bits per heavy atom. The van der Waals surface area contributed by atoms with E-state index >= 15 is 0 Å². The number of aliphatic hydroxyl groups is 2. The number of hydrogen-bond acceptors (Lipinski definition) is 5. The minimum absolute atomic E-state index is 0.00379. The lowest BCUT2D eigenvalue weighted by Gasteiger charge is -2.20. The summed E-state index contributed by atoms with van der Waals surface area (Å²) in [5, 5.41) is 22.9. The molecule has 62 heavy (non-hydrogen) atoms. The average molecular weight is 870 g/mol. The highest BCUT2D eigenvalue weighted by Gasteiger charge is 2.18. The van der Waals surface area contributed by atoms with Gasteiger partial charge >= 0.3 is 5.97 Å². The van der Waals surface area contributed by atoms with Crippen molar-refractivity contribution in [3.05, 3.63) is 48.6 Å². The zero-order chi connectivity index (χ0) is 45.1. The lowest BCUT2D eigenvalue weighted by molar-refractivity contribution is -0.143. The number of rotatable bonds is 49. The van der Waals surface area contributed by atoms with Gasteiger partial charge in [0.2, 0.25) is 5.91 Å². The summed E-state index contributed by atoms with van der Waals surface area (Å²) in [6.45, 7) is 4.84. The molecule has 0 spiro atoms. The molecule has 362 valence electrons. The highest BCUT2D eigenvalue weighted by molar-refractivity contribution is 5.76. The van der Waals surface area contributed by atoms with Crippen LogP contribution in [0.15, 0.2) is 48.6 Å². The summed E-state index contributed by atoms with van der Waals surface area (Å²) in [5.74, 6) is -0.0862. The van der Waals surface area contributed by atoms with Gasteiger partial charge in [-0.3, -0.25) is 9.59 Å². The first kappa shape index (κ1) is 59.8. The summed E-state index contributed by atoms with van der Waals surface area (Å²) in [7, 11) is 0. The molecule has 0 aliphatic heterocycles. The fourth-order valence-corrected chi connectivity index (χ4v) is 7.89. The number of carbonyl (C=O) groups is 2. The van der Waals surface area contributed by atoms with E-state index in [-0.39, 0.29) is 18.5 Å². The van der Waals surface area contributed by atoms with Crippen molar-refractivity contribution >= 4 is 11.9 Å². The van der Waals surface area contributed by atoms with Gasteiger partial charge < -0.3 is 20.3 Å². The highest BCUT2D eigenvalue weighted by Crippen LogP contribution is 2.14. The Kier molecular flexibility index (Phi) is 49.6. The molecular weight excluding hydrogens is 767 g/mol. The molecule has 0 aliphatic carbocycles. The summed E-state index contributed by atoms with van der Waals surface area (Å²) in [4.78, 5) is 24.4. The van der Waals surface area contributed by atoms with Gasteiger partial charge in [-0.2, -0.15) is 0 Å². The molecule has 0 bridgehead atoms. The summed E-state index contributed by atoms with van der Waals surface area (Å²) >= 11 is 0. The van der Waals surface area contributed by atoms with Crippen LogP contribution in [0.2, 0.25) is 0 Å². The first-order valence-corrected chi connectivity index (χ1v) is 26.9. The van der Waals surface area contributed by atoms with Crippen molar-refractivity contribution in [1.82, 2.24) is 5.32 Å². The second-order valence-electron chi connectivity index (χ2n) is 18.2. The number of aliphatic hydroxyl groups excluding tert-OH is 2. The number of unbranched alkanes of at least 4 members (excludes halogenated alkanes) is 32. The second kappa shape index (κ2) is 51.5. The van der Waals surface area contributed by atoms with Crippen LogP contribution in [0.5, 0.6) is 0 Å². The number of carbonyl (C=O) groups excluding carboxylic acids is 2. The van der Waals surface area contributed by atoms with Gasteiger partial charge in [-0.05, 0) is 89.9 Å².